The third-order valence-corrected chi connectivity index (χ3v) is 4.21. The van der Waals surface area contributed by atoms with Crippen LogP contribution in [0, 0.1) is 28.8 Å². The predicted octanol–water partition coefficient (Wildman–Crippen LogP) is 5.12. The molecule has 2 rings (SSSR count). The second kappa shape index (κ2) is 5.66. The maximum absolute atomic E-state index is 13.3. The number of rotatable bonds is 2. The van der Waals surface area contributed by atoms with Crippen molar-refractivity contribution in [2.45, 2.75) is 52.5 Å². The monoisotopic (exact) mass is 285 g/mol. The summed E-state index contributed by atoms with van der Waals surface area (Å²) < 4.78 is 39.5. The van der Waals surface area contributed by atoms with Crippen LogP contribution in [0.2, 0.25) is 0 Å². The third kappa shape index (κ3) is 3.28. The van der Waals surface area contributed by atoms with E-state index in [2.05, 4.69) is 26.1 Å². The second-order valence-corrected chi connectivity index (χ2v) is 6.76. The summed E-state index contributed by atoms with van der Waals surface area (Å²) in [6.45, 7) is 6.55. The van der Waals surface area contributed by atoms with Crippen molar-refractivity contribution in [3.63, 3.8) is 0 Å². The van der Waals surface area contributed by atoms with Crippen LogP contribution in [-0.4, -0.2) is 6.04 Å². The lowest BCUT2D eigenvalue weighted by Gasteiger charge is -2.41. The molecule has 1 fully saturated rings. The summed E-state index contributed by atoms with van der Waals surface area (Å²) in [5.41, 5.74) is 0.456. The van der Waals surface area contributed by atoms with Crippen molar-refractivity contribution in [3.8, 4) is 0 Å². The largest absolute Gasteiger partial charge is 0.382 e. The van der Waals surface area contributed by atoms with Crippen LogP contribution in [0.5, 0.6) is 0 Å². The zero-order chi connectivity index (χ0) is 14.9. The van der Waals surface area contributed by atoms with Gasteiger partial charge in [-0.1, -0.05) is 33.6 Å². The molecule has 0 spiro atoms. The van der Waals surface area contributed by atoms with Gasteiger partial charge in [-0.3, -0.25) is 0 Å². The number of hydrogen-bond donors (Lipinski definition) is 1. The van der Waals surface area contributed by atoms with Crippen LogP contribution in [0.1, 0.15) is 46.5 Å². The normalized spacial score (nSPS) is 23.7. The standard InChI is InChI=1S/C16H22F3N/c1-16(2,3)11-6-4-5-7-14(11)20-10-8-12(17)15(19)13(18)9-10/h8-9,11,14,20H,4-7H2,1-3H3. The quantitative estimate of drug-likeness (QED) is 0.744. The molecule has 0 bridgehead atoms. The summed E-state index contributed by atoms with van der Waals surface area (Å²) >= 11 is 0. The van der Waals surface area contributed by atoms with Gasteiger partial charge < -0.3 is 5.32 Å². The fraction of sp³-hybridized carbons (Fsp3) is 0.625. The van der Waals surface area contributed by atoms with Crippen molar-refractivity contribution in [1.29, 1.82) is 0 Å². The first kappa shape index (κ1) is 15.2. The van der Waals surface area contributed by atoms with Crippen molar-refractivity contribution < 1.29 is 13.2 Å². The summed E-state index contributed by atoms with van der Waals surface area (Å²) in [6, 6.07) is 2.24. The molecule has 1 nitrogen and oxygen atoms in total. The summed E-state index contributed by atoms with van der Waals surface area (Å²) in [6.07, 6.45) is 4.37. The molecule has 2 atom stereocenters. The lowest BCUT2D eigenvalue weighted by Crippen LogP contribution is -2.39. The lowest BCUT2D eigenvalue weighted by molar-refractivity contribution is 0.163. The molecular formula is C16H22F3N. The number of benzene rings is 1. The molecule has 1 aromatic rings. The Bertz CT molecular complexity index is 456. The average Bonchev–Trinajstić information content (AvgIpc) is 2.35. The highest BCUT2D eigenvalue weighted by molar-refractivity contribution is 5.45. The summed E-state index contributed by atoms with van der Waals surface area (Å²) in [5.74, 6) is -3.26. The molecule has 112 valence electrons. The lowest BCUT2D eigenvalue weighted by atomic mass is 9.69. The Morgan fingerprint density at radius 1 is 1.00 bits per heavy atom. The van der Waals surface area contributed by atoms with Crippen molar-refractivity contribution in [3.05, 3.63) is 29.6 Å². The molecule has 0 saturated heterocycles. The molecule has 1 aliphatic rings. The van der Waals surface area contributed by atoms with Gasteiger partial charge in [0.05, 0.1) is 0 Å². The summed E-state index contributed by atoms with van der Waals surface area (Å²) in [7, 11) is 0. The molecule has 4 heteroatoms. The molecule has 1 aromatic carbocycles. The SMILES string of the molecule is CC(C)(C)C1CCCCC1Nc1cc(F)c(F)c(F)c1. The van der Waals surface area contributed by atoms with E-state index >= 15 is 0 Å². The van der Waals surface area contributed by atoms with Gasteiger partial charge in [-0.2, -0.15) is 0 Å². The maximum Gasteiger partial charge on any atom is 0.194 e. The Balaban J connectivity index is 2.19. The number of halogens is 3. The van der Waals surface area contributed by atoms with Crippen molar-refractivity contribution in [1.82, 2.24) is 0 Å². The minimum absolute atomic E-state index is 0.134. The van der Waals surface area contributed by atoms with E-state index in [9.17, 15) is 13.2 Å². The van der Waals surface area contributed by atoms with E-state index < -0.39 is 17.5 Å². The molecule has 0 amide bonds. The van der Waals surface area contributed by atoms with Crippen LogP contribution < -0.4 is 5.32 Å². The Kier molecular flexibility index (Phi) is 4.31. The molecule has 0 radical (unpaired) electrons. The molecule has 0 aliphatic heterocycles. The van der Waals surface area contributed by atoms with Gasteiger partial charge in [0.2, 0.25) is 0 Å². The number of anilines is 1. The van der Waals surface area contributed by atoms with Crippen molar-refractivity contribution >= 4 is 5.69 Å². The van der Waals surface area contributed by atoms with Gasteiger partial charge in [0.25, 0.3) is 0 Å². The maximum atomic E-state index is 13.3. The van der Waals surface area contributed by atoms with E-state index in [0.29, 0.717) is 11.6 Å². The van der Waals surface area contributed by atoms with Crippen molar-refractivity contribution in [2.24, 2.45) is 11.3 Å². The first-order valence-electron chi connectivity index (χ1n) is 7.20. The van der Waals surface area contributed by atoms with Gasteiger partial charge in [0.1, 0.15) is 0 Å². The minimum Gasteiger partial charge on any atom is -0.382 e. The highest BCUT2D eigenvalue weighted by Gasteiger charge is 2.34. The Morgan fingerprint density at radius 2 is 1.55 bits per heavy atom. The molecule has 1 aliphatic carbocycles. The zero-order valence-corrected chi connectivity index (χ0v) is 12.3. The van der Waals surface area contributed by atoms with E-state index in [1.807, 2.05) is 0 Å². The molecule has 2 unspecified atom stereocenters. The van der Waals surface area contributed by atoms with Crippen molar-refractivity contribution in [2.75, 3.05) is 5.32 Å². The summed E-state index contributed by atoms with van der Waals surface area (Å²) in [4.78, 5) is 0. The van der Waals surface area contributed by atoms with E-state index in [-0.39, 0.29) is 11.5 Å². The number of hydrogen-bond acceptors (Lipinski definition) is 1. The van der Waals surface area contributed by atoms with Crippen LogP contribution in [0.4, 0.5) is 18.9 Å². The highest BCUT2D eigenvalue weighted by Crippen LogP contribution is 2.39. The van der Waals surface area contributed by atoms with Crippen LogP contribution in [0.25, 0.3) is 0 Å². The minimum atomic E-state index is -1.41. The van der Waals surface area contributed by atoms with Gasteiger partial charge in [-0.05, 0) is 24.2 Å². The van der Waals surface area contributed by atoms with Crippen LogP contribution in [0.3, 0.4) is 0 Å². The zero-order valence-electron chi connectivity index (χ0n) is 12.3. The van der Waals surface area contributed by atoms with Gasteiger partial charge in [-0.25, -0.2) is 13.2 Å². The van der Waals surface area contributed by atoms with Gasteiger partial charge in [0.15, 0.2) is 17.5 Å². The number of nitrogens with one attached hydrogen (secondary N) is 1. The molecule has 0 heterocycles. The fourth-order valence-corrected chi connectivity index (χ4v) is 3.19. The van der Waals surface area contributed by atoms with E-state index in [4.69, 9.17) is 0 Å². The first-order valence-corrected chi connectivity index (χ1v) is 7.20. The van der Waals surface area contributed by atoms with Crippen LogP contribution in [0.15, 0.2) is 12.1 Å². The van der Waals surface area contributed by atoms with E-state index in [1.165, 1.54) is 6.42 Å². The molecule has 0 aromatic heterocycles. The average molecular weight is 285 g/mol. The van der Waals surface area contributed by atoms with E-state index in [1.54, 1.807) is 0 Å². The smallest absolute Gasteiger partial charge is 0.194 e. The molecule has 1 N–H and O–H groups in total. The summed E-state index contributed by atoms with van der Waals surface area (Å²) in [5, 5.41) is 3.20. The predicted molar refractivity (Wildman–Crippen MR) is 75.1 cm³/mol. The Hall–Kier alpha value is -1.19. The third-order valence-electron chi connectivity index (χ3n) is 4.21. The Labute approximate surface area is 118 Å². The topological polar surface area (TPSA) is 12.0 Å². The van der Waals surface area contributed by atoms with E-state index in [0.717, 1.165) is 31.4 Å². The van der Waals surface area contributed by atoms with Gasteiger partial charge in [-0.15, -0.1) is 0 Å². The molecular weight excluding hydrogens is 263 g/mol. The molecule has 20 heavy (non-hydrogen) atoms. The molecule has 1 saturated carbocycles. The fourth-order valence-electron chi connectivity index (χ4n) is 3.19. The highest BCUT2D eigenvalue weighted by atomic mass is 19.2. The second-order valence-electron chi connectivity index (χ2n) is 6.76. The Morgan fingerprint density at radius 3 is 2.10 bits per heavy atom. The van der Waals surface area contributed by atoms with Gasteiger partial charge in [0, 0.05) is 23.9 Å². The first-order chi connectivity index (χ1) is 9.29. The van der Waals surface area contributed by atoms with Crippen LogP contribution >= 0.6 is 0 Å². The van der Waals surface area contributed by atoms with Crippen LogP contribution in [-0.2, 0) is 0 Å². The van der Waals surface area contributed by atoms with Gasteiger partial charge >= 0.3 is 0 Å².